The van der Waals surface area contributed by atoms with Crippen molar-refractivity contribution < 1.29 is 9.90 Å². The van der Waals surface area contributed by atoms with Crippen molar-refractivity contribution in [1.29, 1.82) is 0 Å². The van der Waals surface area contributed by atoms with Gasteiger partial charge in [0.05, 0.1) is 17.0 Å². The Bertz CT molecular complexity index is 491. The van der Waals surface area contributed by atoms with Crippen molar-refractivity contribution >= 4 is 11.6 Å². The lowest BCUT2D eigenvalue weighted by atomic mass is 10.1. The molecule has 7 heteroatoms. The summed E-state index contributed by atoms with van der Waals surface area (Å²) in [6.07, 6.45) is 2.18. The lowest BCUT2D eigenvalue weighted by Crippen LogP contribution is -2.47. The number of aromatic nitrogens is 2. The fourth-order valence-electron chi connectivity index (χ4n) is 2.31. The smallest absolute Gasteiger partial charge is 0.274 e. The van der Waals surface area contributed by atoms with Crippen molar-refractivity contribution in [3.05, 3.63) is 11.4 Å². The number of nitrogens with zero attached hydrogens (tertiary/aromatic N) is 2. The number of carbonyl (C=O) groups excluding carboxylic acids is 1. The molecule has 0 spiro atoms. The molecule has 0 aromatic carbocycles. The van der Waals surface area contributed by atoms with Crippen molar-refractivity contribution in [3.63, 3.8) is 0 Å². The Kier molecular flexibility index (Phi) is 4.01. The maximum atomic E-state index is 12.1. The molecule has 1 aliphatic rings. The minimum absolute atomic E-state index is 0.148. The summed E-state index contributed by atoms with van der Waals surface area (Å²) in [4.78, 5) is 13.9. The first kappa shape index (κ1) is 14.8. The van der Waals surface area contributed by atoms with Gasteiger partial charge in [0.1, 0.15) is 0 Å². The fraction of sp³-hybridized carbons (Fsp3) is 0.692. The summed E-state index contributed by atoms with van der Waals surface area (Å²) in [7, 11) is 3.73. The molecule has 1 aromatic heterocycles. The van der Waals surface area contributed by atoms with Gasteiger partial charge in [-0.2, -0.15) is 5.10 Å². The molecule has 1 fully saturated rings. The average molecular weight is 281 g/mol. The molecule has 1 amide bonds. The van der Waals surface area contributed by atoms with Gasteiger partial charge in [0.2, 0.25) is 0 Å². The molecular weight excluding hydrogens is 258 g/mol. The summed E-state index contributed by atoms with van der Waals surface area (Å²) >= 11 is 0. The number of aliphatic hydroxyl groups is 1. The van der Waals surface area contributed by atoms with Crippen LogP contribution in [-0.2, 0) is 0 Å². The number of nitrogen functional groups attached to an aromatic ring is 1. The van der Waals surface area contributed by atoms with Crippen LogP contribution in [0.4, 0.5) is 5.69 Å². The molecule has 0 bridgehead atoms. The van der Waals surface area contributed by atoms with Crippen molar-refractivity contribution in [2.24, 2.45) is 0 Å². The summed E-state index contributed by atoms with van der Waals surface area (Å²) in [6, 6.07) is 0. The molecule has 2 rings (SSSR count). The van der Waals surface area contributed by atoms with E-state index in [4.69, 9.17) is 5.73 Å². The number of nitrogens with one attached hydrogen (secondary N) is 2. The number of hydrogen-bond acceptors (Lipinski definition) is 5. The average Bonchev–Trinajstić information content (AvgIpc) is 3.09. The third-order valence-corrected chi connectivity index (χ3v) is 3.32. The first-order chi connectivity index (χ1) is 9.30. The van der Waals surface area contributed by atoms with E-state index in [1.54, 1.807) is 6.92 Å². The number of anilines is 1. The van der Waals surface area contributed by atoms with E-state index in [-0.39, 0.29) is 18.1 Å². The zero-order chi connectivity index (χ0) is 14.9. The third kappa shape index (κ3) is 3.49. The Labute approximate surface area is 118 Å². The maximum absolute atomic E-state index is 12.1. The van der Waals surface area contributed by atoms with Crippen LogP contribution < -0.4 is 11.1 Å². The molecule has 20 heavy (non-hydrogen) atoms. The number of H-pyrrole nitrogens is 1. The molecule has 1 aromatic rings. The minimum Gasteiger partial charge on any atom is -0.395 e. The molecule has 1 unspecified atom stereocenters. The molecule has 1 saturated carbocycles. The highest BCUT2D eigenvalue weighted by molar-refractivity contribution is 5.97. The van der Waals surface area contributed by atoms with Crippen LogP contribution in [0, 0.1) is 0 Å². The fourth-order valence-corrected chi connectivity index (χ4v) is 2.31. The zero-order valence-electron chi connectivity index (χ0n) is 12.2. The number of nitrogens with two attached hydrogens (primary N) is 1. The summed E-state index contributed by atoms with van der Waals surface area (Å²) in [5.41, 5.74) is 6.44. The first-order valence-corrected chi connectivity index (χ1v) is 6.79. The van der Waals surface area contributed by atoms with Gasteiger partial charge >= 0.3 is 0 Å². The zero-order valence-corrected chi connectivity index (χ0v) is 12.2. The van der Waals surface area contributed by atoms with Gasteiger partial charge in [0.15, 0.2) is 5.69 Å². The van der Waals surface area contributed by atoms with E-state index in [1.165, 1.54) is 0 Å². The number of rotatable bonds is 6. The van der Waals surface area contributed by atoms with Crippen LogP contribution in [0.2, 0.25) is 0 Å². The lowest BCUT2D eigenvalue weighted by molar-refractivity contribution is 0.0325. The third-order valence-electron chi connectivity index (χ3n) is 3.32. The van der Waals surface area contributed by atoms with E-state index in [0.29, 0.717) is 18.2 Å². The highest BCUT2D eigenvalue weighted by Crippen LogP contribution is 2.42. The Morgan fingerprint density at radius 3 is 2.80 bits per heavy atom. The van der Waals surface area contributed by atoms with E-state index in [2.05, 4.69) is 15.5 Å². The number of likely N-dealkylation sites (N-methyl/N-ethyl adjacent to an activating group) is 1. The van der Waals surface area contributed by atoms with Gasteiger partial charge in [-0.1, -0.05) is 0 Å². The molecule has 7 nitrogen and oxygen atoms in total. The van der Waals surface area contributed by atoms with Gasteiger partial charge in [0.25, 0.3) is 5.91 Å². The van der Waals surface area contributed by atoms with Crippen molar-refractivity contribution in [2.45, 2.75) is 31.3 Å². The van der Waals surface area contributed by atoms with Gasteiger partial charge < -0.3 is 21.1 Å². The normalized spacial score (nSPS) is 18.1. The maximum Gasteiger partial charge on any atom is 0.274 e. The van der Waals surface area contributed by atoms with Gasteiger partial charge in [-0.25, -0.2) is 0 Å². The van der Waals surface area contributed by atoms with E-state index in [0.717, 1.165) is 18.5 Å². The Balaban J connectivity index is 1.95. The molecule has 1 heterocycles. The molecule has 112 valence electrons. The van der Waals surface area contributed by atoms with E-state index < -0.39 is 5.60 Å². The SMILES string of the molecule is CN(C)CC(C)(O)CNC(=O)c1n[nH]c(C2CC2)c1N. The molecule has 1 aliphatic carbocycles. The predicted octanol–water partition coefficient (Wildman–Crippen LogP) is -0.0883. The van der Waals surface area contributed by atoms with E-state index in [1.807, 2.05) is 19.0 Å². The molecule has 1 atom stereocenters. The topological polar surface area (TPSA) is 107 Å². The molecule has 0 aliphatic heterocycles. The molecular formula is C13H23N5O2. The Hall–Kier alpha value is -1.60. The Morgan fingerprint density at radius 2 is 2.25 bits per heavy atom. The van der Waals surface area contributed by atoms with Gasteiger partial charge in [-0.05, 0) is 33.9 Å². The number of aromatic amines is 1. The van der Waals surface area contributed by atoms with Crippen molar-refractivity contribution in [2.75, 3.05) is 32.9 Å². The van der Waals surface area contributed by atoms with Gasteiger partial charge in [-0.15, -0.1) is 0 Å². The summed E-state index contributed by atoms with van der Waals surface area (Å²) < 4.78 is 0. The largest absolute Gasteiger partial charge is 0.395 e. The first-order valence-electron chi connectivity index (χ1n) is 6.79. The van der Waals surface area contributed by atoms with Crippen LogP contribution in [0.1, 0.15) is 41.9 Å². The second-order valence-corrected chi connectivity index (χ2v) is 6.09. The molecule has 0 saturated heterocycles. The van der Waals surface area contributed by atoms with Crippen molar-refractivity contribution in [1.82, 2.24) is 20.4 Å². The standard InChI is InChI=1S/C13H23N5O2/c1-13(20,7-18(2)3)6-15-12(19)11-9(14)10(16-17-11)8-4-5-8/h8,20H,4-7,14H2,1-3H3,(H,15,19)(H,16,17). The molecule has 5 N–H and O–H groups in total. The number of carbonyl (C=O) groups is 1. The minimum atomic E-state index is -0.996. The second kappa shape index (κ2) is 5.41. The summed E-state index contributed by atoms with van der Waals surface area (Å²) in [5, 5.41) is 19.6. The molecule has 0 radical (unpaired) electrons. The highest BCUT2D eigenvalue weighted by atomic mass is 16.3. The van der Waals surface area contributed by atoms with Crippen LogP contribution in [0.15, 0.2) is 0 Å². The van der Waals surface area contributed by atoms with Crippen LogP contribution in [-0.4, -0.2) is 58.9 Å². The van der Waals surface area contributed by atoms with E-state index in [9.17, 15) is 9.90 Å². The lowest BCUT2D eigenvalue weighted by Gasteiger charge is -2.26. The Morgan fingerprint density at radius 1 is 1.60 bits per heavy atom. The van der Waals surface area contributed by atoms with Crippen LogP contribution in [0.5, 0.6) is 0 Å². The monoisotopic (exact) mass is 281 g/mol. The van der Waals surface area contributed by atoms with E-state index >= 15 is 0 Å². The van der Waals surface area contributed by atoms with Crippen LogP contribution in [0.25, 0.3) is 0 Å². The predicted molar refractivity (Wildman–Crippen MR) is 76.5 cm³/mol. The van der Waals surface area contributed by atoms with Gasteiger partial charge in [0, 0.05) is 19.0 Å². The van der Waals surface area contributed by atoms with Crippen LogP contribution in [0.3, 0.4) is 0 Å². The highest BCUT2D eigenvalue weighted by Gasteiger charge is 2.31. The number of amides is 1. The quantitative estimate of drug-likeness (QED) is 0.583. The number of hydrogen-bond donors (Lipinski definition) is 4. The summed E-state index contributed by atoms with van der Waals surface area (Å²) in [6.45, 7) is 2.28. The van der Waals surface area contributed by atoms with Crippen molar-refractivity contribution in [3.8, 4) is 0 Å². The van der Waals surface area contributed by atoms with Gasteiger partial charge in [-0.3, -0.25) is 9.89 Å². The second-order valence-electron chi connectivity index (χ2n) is 6.09. The summed E-state index contributed by atoms with van der Waals surface area (Å²) in [5.74, 6) is 0.0607. The van der Waals surface area contributed by atoms with Crippen LogP contribution >= 0.6 is 0 Å².